The lowest BCUT2D eigenvalue weighted by Crippen LogP contribution is -2.14. The van der Waals surface area contributed by atoms with Crippen LogP contribution >= 0.6 is 11.3 Å². The summed E-state index contributed by atoms with van der Waals surface area (Å²) in [5.41, 5.74) is 2.02. The molecular formula is C28H38O5S. The van der Waals surface area contributed by atoms with Crippen molar-refractivity contribution in [2.75, 3.05) is 0 Å². The number of aryl methyl sites for hydroxylation is 1. The molecule has 1 aromatic carbocycles. The number of hydrogen-bond donors (Lipinski definition) is 1. The van der Waals surface area contributed by atoms with Gasteiger partial charge in [0.2, 0.25) is 0 Å². The number of benzene rings is 1. The second-order valence-corrected chi connectivity index (χ2v) is 10.7. The third kappa shape index (κ3) is 7.67. The van der Waals surface area contributed by atoms with Gasteiger partial charge in [0.1, 0.15) is 5.78 Å². The predicted octanol–water partition coefficient (Wildman–Crippen LogP) is 7.37. The summed E-state index contributed by atoms with van der Waals surface area (Å²) >= 11 is 1.47. The van der Waals surface area contributed by atoms with Gasteiger partial charge in [-0.15, -0.1) is 11.3 Å². The molecule has 1 fully saturated rings. The van der Waals surface area contributed by atoms with E-state index in [1.54, 1.807) is 13.8 Å². The van der Waals surface area contributed by atoms with Gasteiger partial charge in [0.05, 0.1) is 12.2 Å². The summed E-state index contributed by atoms with van der Waals surface area (Å²) in [6.45, 7) is 5.73. The molecular weight excluding hydrogens is 448 g/mol. The van der Waals surface area contributed by atoms with E-state index >= 15 is 0 Å². The standard InChI is InChI=1S/C28H38O5S/c1-4-5-6-10-24(29)20-11-13-22(14-12-20)27-21(15-17-25(27)30)8-7-9-23-16-18-26(34-23)33-28(31)32-19(2)3/h11-14,16,18-19,21,24,27,29H,4-10,15,17H2,1-3H3/t21-,24+,27-/m0/s1. The molecule has 1 heterocycles. The first kappa shape index (κ1) is 26.4. The minimum absolute atomic E-state index is 0.0423. The van der Waals surface area contributed by atoms with Gasteiger partial charge in [-0.1, -0.05) is 50.5 Å². The molecule has 1 aromatic heterocycles. The Morgan fingerprint density at radius 3 is 2.59 bits per heavy atom. The molecule has 1 saturated carbocycles. The Morgan fingerprint density at radius 1 is 1.12 bits per heavy atom. The van der Waals surface area contributed by atoms with Crippen LogP contribution in [0.4, 0.5) is 4.79 Å². The highest BCUT2D eigenvalue weighted by molar-refractivity contribution is 7.13. The first-order valence-electron chi connectivity index (χ1n) is 12.6. The normalized spacial score (nSPS) is 18.9. The predicted molar refractivity (Wildman–Crippen MR) is 136 cm³/mol. The van der Waals surface area contributed by atoms with Gasteiger partial charge in [-0.3, -0.25) is 4.79 Å². The van der Waals surface area contributed by atoms with Gasteiger partial charge in [0, 0.05) is 17.2 Å². The fourth-order valence-corrected chi connectivity index (χ4v) is 5.63. The van der Waals surface area contributed by atoms with Crippen LogP contribution in [0.25, 0.3) is 0 Å². The highest BCUT2D eigenvalue weighted by Gasteiger charge is 2.35. The first-order valence-corrected chi connectivity index (χ1v) is 13.5. The van der Waals surface area contributed by atoms with Crippen LogP contribution in [-0.2, 0) is 16.0 Å². The molecule has 5 nitrogen and oxygen atoms in total. The number of thiophene rings is 1. The number of hydrogen-bond acceptors (Lipinski definition) is 6. The Kier molecular flexibility index (Phi) is 10.1. The first-order chi connectivity index (χ1) is 16.4. The van der Waals surface area contributed by atoms with Gasteiger partial charge in [0.15, 0.2) is 5.06 Å². The molecule has 186 valence electrons. The number of ether oxygens (including phenoxy) is 2. The maximum Gasteiger partial charge on any atom is 0.514 e. The van der Waals surface area contributed by atoms with E-state index in [2.05, 4.69) is 6.92 Å². The summed E-state index contributed by atoms with van der Waals surface area (Å²) in [5.74, 6) is 0.639. The maximum absolute atomic E-state index is 12.7. The average Bonchev–Trinajstić information content (AvgIpc) is 3.39. The highest BCUT2D eigenvalue weighted by Crippen LogP contribution is 2.40. The van der Waals surface area contributed by atoms with Crippen LogP contribution in [0, 0.1) is 5.92 Å². The molecule has 0 unspecified atom stereocenters. The second kappa shape index (κ2) is 13.1. The molecule has 1 aliphatic rings. The van der Waals surface area contributed by atoms with Crippen LogP contribution in [0.5, 0.6) is 5.06 Å². The summed E-state index contributed by atoms with van der Waals surface area (Å²) in [6.07, 6.45) is 7.24. The van der Waals surface area contributed by atoms with Gasteiger partial charge in [-0.25, -0.2) is 4.79 Å². The van der Waals surface area contributed by atoms with Gasteiger partial charge >= 0.3 is 6.16 Å². The molecule has 0 spiro atoms. The molecule has 6 heteroatoms. The number of aliphatic hydroxyl groups excluding tert-OH is 1. The minimum Gasteiger partial charge on any atom is -0.431 e. The maximum atomic E-state index is 12.7. The number of unbranched alkanes of at least 4 members (excludes halogenated alkanes) is 2. The third-order valence-electron chi connectivity index (χ3n) is 6.49. The lowest BCUT2D eigenvalue weighted by molar-refractivity contribution is -0.119. The number of carbonyl (C=O) groups is 2. The van der Waals surface area contributed by atoms with Crippen molar-refractivity contribution in [3.05, 3.63) is 52.4 Å². The molecule has 0 radical (unpaired) electrons. The molecule has 1 aliphatic carbocycles. The smallest absolute Gasteiger partial charge is 0.431 e. The molecule has 0 bridgehead atoms. The summed E-state index contributed by atoms with van der Waals surface area (Å²) in [7, 11) is 0. The lowest BCUT2D eigenvalue weighted by Gasteiger charge is -2.20. The Hall–Kier alpha value is -2.18. The van der Waals surface area contributed by atoms with Gasteiger partial charge in [-0.05, 0) is 75.1 Å². The number of rotatable bonds is 12. The van der Waals surface area contributed by atoms with E-state index < -0.39 is 12.3 Å². The minimum atomic E-state index is -0.671. The Labute approximate surface area is 207 Å². The van der Waals surface area contributed by atoms with Crippen molar-refractivity contribution >= 4 is 23.3 Å². The molecule has 0 aliphatic heterocycles. The zero-order valence-electron chi connectivity index (χ0n) is 20.6. The van der Waals surface area contributed by atoms with Crippen LogP contribution < -0.4 is 4.74 Å². The topological polar surface area (TPSA) is 72.8 Å². The molecule has 34 heavy (non-hydrogen) atoms. The van der Waals surface area contributed by atoms with Crippen molar-refractivity contribution in [3.63, 3.8) is 0 Å². The fourth-order valence-electron chi connectivity index (χ4n) is 4.75. The van der Waals surface area contributed by atoms with Crippen LogP contribution in [0.15, 0.2) is 36.4 Å². The van der Waals surface area contributed by atoms with E-state index in [1.165, 1.54) is 11.3 Å². The molecule has 0 saturated heterocycles. The van der Waals surface area contributed by atoms with E-state index in [4.69, 9.17) is 9.47 Å². The molecule has 0 amide bonds. The van der Waals surface area contributed by atoms with Crippen molar-refractivity contribution in [2.45, 2.75) is 96.7 Å². The van der Waals surface area contributed by atoms with E-state index in [0.29, 0.717) is 23.2 Å². The lowest BCUT2D eigenvalue weighted by atomic mass is 9.84. The van der Waals surface area contributed by atoms with Crippen LogP contribution in [-0.4, -0.2) is 23.1 Å². The van der Waals surface area contributed by atoms with Gasteiger partial charge < -0.3 is 14.6 Å². The number of Topliss-reactive ketones (excluding diaryl/α,β-unsaturated/α-hetero) is 1. The molecule has 2 aromatic rings. The summed E-state index contributed by atoms with van der Waals surface area (Å²) in [6, 6.07) is 11.9. The Bertz CT molecular complexity index is 917. The second-order valence-electron chi connectivity index (χ2n) is 9.55. The number of aliphatic hydroxyl groups is 1. The van der Waals surface area contributed by atoms with Crippen molar-refractivity contribution in [3.8, 4) is 5.06 Å². The summed E-state index contributed by atoms with van der Waals surface area (Å²) < 4.78 is 10.2. The SMILES string of the molecule is CCCCC[C@@H](O)c1ccc([C@H]2C(=O)CC[C@@H]2CCCc2ccc(OC(=O)OC(C)C)s2)cc1. The highest BCUT2D eigenvalue weighted by atomic mass is 32.1. The average molecular weight is 487 g/mol. The van der Waals surface area contributed by atoms with E-state index in [-0.39, 0.29) is 12.0 Å². The van der Waals surface area contributed by atoms with Crippen LogP contribution in [0.2, 0.25) is 0 Å². The van der Waals surface area contributed by atoms with Crippen molar-refractivity contribution < 1.29 is 24.2 Å². The molecule has 3 atom stereocenters. The van der Waals surface area contributed by atoms with E-state index in [1.807, 2.05) is 36.4 Å². The van der Waals surface area contributed by atoms with Crippen molar-refractivity contribution in [2.24, 2.45) is 5.92 Å². The third-order valence-corrected chi connectivity index (χ3v) is 7.52. The Morgan fingerprint density at radius 2 is 1.88 bits per heavy atom. The number of ketones is 1. The number of carbonyl (C=O) groups excluding carboxylic acids is 2. The zero-order valence-corrected chi connectivity index (χ0v) is 21.4. The van der Waals surface area contributed by atoms with Crippen LogP contribution in [0.3, 0.4) is 0 Å². The largest absolute Gasteiger partial charge is 0.514 e. The fraction of sp³-hybridized carbons (Fsp3) is 0.571. The Balaban J connectivity index is 1.51. The summed E-state index contributed by atoms with van der Waals surface area (Å²) in [5, 5.41) is 11.0. The summed E-state index contributed by atoms with van der Waals surface area (Å²) in [4.78, 5) is 25.5. The van der Waals surface area contributed by atoms with Crippen molar-refractivity contribution in [1.82, 2.24) is 0 Å². The monoisotopic (exact) mass is 486 g/mol. The molecule has 3 rings (SSSR count). The van der Waals surface area contributed by atoms with Gasteiger partial charge in [0.25, 0.3) is 0 Å². The zero-order chi connectivity index (χ0) is 24.5. The quantitative estimate of drug-likeness (QED) is 0.250. The molecule has 1 N–H and O–H groups in total. The van der Waals surface area contributed by atoms with E-state index in [0.717, 1.165) is 67.4 Å². The van der Waals surface area contributed by atoms with Gasteiger partial charge in [-0.2, -0.15) is 0 Å². The van der Waals surface area contributed by atoms with Crippen LogP contribution in [0.1, 0.15) is 100 Å². The van der Waals surface area contributed by atoms with E-state index in [9.17, 15) is 14.7 Å². The van der Waals surface area contributed by atoms with Crippen molar-refractivity contribution in [1.29, 1.82) is 0 Å².